The first-order chi connectivity index (χ1) is 13.3. The zero-order valence-electron chi connectivity index (χ0n) is 16.3. The number of benzene rings is 1. The Morgan fingerprint density at radius 3 is 2.46 bits per heavy atom. The van der Waals surface area contributed by atoms with Crippen LogP contribution in [0.2, 0.25) is 0 Å². The molecular weight excluding hydrogens is 380 g/mol. The van der Waals surface area contributed by atoms with Gasteiger partial charge in [0, 0.05) is 31.7 Å². The summed E-state index contributed by atoms with van der Waals surface area (Å²) in [5.41, 5.74) is 2.97. The lowest BCUT2D eigenvalue weighted by atomic mass is 10.0. The van der Waals surface area contributed by atoms with E-state index in [1.165, 1.54) is 4.31 Å². The Morgan fingerprint density at radius 2 is 1.82 bits per heavy atom. The number of carbonyl (C=O) groups excluding carboxylic acids is 1. The summed E-state index contributed by atoms with van der Waals surface area (Å²) in [6.07, 6.45) is 0.751. The van der Waals surface area contributed by atoms with E-state index in [1.54, 1.807) is 30.5 Å². The van der Waals surface area contributed by atoms with Crippen molar-refractivity contribution in [3.63, 3.8) is 0 Å². The van der Waals surface area contributed by atoms with Gasteiger partial charge in [0.1, 0.15) is 11.5 Å². The van der Waals surface area contributed by atoms with Crippen LogP contribution in [0.15, 0.2) is 29.2 Å². The van der Waals surface area contributed by atoms with Crippen LogP contribution in [0, 0.1) is 13.8 Å². The number of cyclic esters (lactones) is 1. The van der Waals surface area contributed by atoms with Crippen molar-refractivity contribution in [1.29, 1.82) is 0 Å². The molecule has 1 amide bonds. The summed E-state index contributed by atoms with van der Waals surface area (Å²) >= 11 is 0. The van der Waals surface area contributed by atoms with Crippen molar-refractivity contribution >= 4 is 21.8 Å². The first-order valence-corrected chi connectivity index (χ1v) is 10.8. The van der Waals surface area contributed by atoms with Crippen molar-refractivity contribution in [1.82, 2.24) is 14.1 Å². The molecule has 0 bridgehead atoms. The molecule has 0 radical (unpaired) electrons. The van der Waals surface area contributed by atoms with Crippen LogP contribution in [0.4, 0.5) is 10.5 Å². The zero-order valence-corrected chi connectivity index (χ0v) is 17.1. The lowest BCUT2D eigenvalue weighted by Crippen LogP contribution is -2.50. The van der Waals surface area contributed by atoms with E-state index in [9.17, 15) is 13.2 Å². The maximum atomic E-state index is 13.2. The fourth-order valence-corrected chi connectivity index (χ4v) is 5.99. The minimum Gasteiger partial charge on any atom is -0.444 e. The van der Waals surface area contributed by atoms with E-state index in [2.05, 4.69) is 5.10 Å². The van der Waals surface area contributed by atoms with Crippen molar-refractivity contribution in [2.24, 2.45) is 7.05 Å². The molecule has 0 spiro atoms. The normalized spacial score (nSPS) is 18.8. The molecule has 28 heavy (non-hydrogen) atoms. The van der Waals surface area contributed by atoms with Crippen LogP contribution in [0.3, 0.4) is 0 Å². The van der Waals surface area contributed by atoms with Crippen molar-refractivity contribution in [2.75, 3.05) is 18.0 Å². The molecule has 0 atom stereocenters. The van der Waals surface area contributed by atoms with Gasteiger partial charge in [-0.3, -0.25) is 9.58 Å². The smallest absolute Gasteiger partial charge is 0.414 e. The average Bonchev–Trinajstić information content (AvgIpc) is 2.94. The number of piperidine rings is 1. The van der Waals surface area contributed by atoms with E-state index in [1.807, 2.05) is 24.3 Å². The van der Waals surface area contributed by atoms with E-state index >= 15 is 0 Å². The van der Waals surface area contributed by atoms with Crippen molar-refractivity contribution in [3.8, 4) is 0 Å². The number of anilines is 1. The number of rotatable bonds is 3. The fraction of sp³-hybridized carbons (Fsp3) is 0.474. The molecule has 1 fully saturated rings. The van der Waals surface area contributed by atoms with Gasteiger partial charge < -0.3 is 4.74 Å². The highest BCUT2D eigenvalue weighted by molar-refractivity contribution is 7.89. The number of nitrogens with zero attached hydrogens (tertiary/aromatic N) is 4. The second-order valence-corrected chi connectivity index (χ2v) is 9.19. The molecule has 0 saturated carbocycles. The van der Waals surface area contributed by atoms with Crippen LogP contribution in [-0.4, -0.2) is 47.7 Å². The molecule has 3 heterocycles. The molecular formula is C19H24N4O4S. The van der Waals surface area contributed by atoms with Crippen LogP contribution in [0.5, 0.6) is 0 Å². The Morgan fingerprint density at radius 1 is 1.14 bits per heavy atom. The number of hydrogen-bond donors (Lipinski definition) is 0. The fourth-order valence-electron chi connectivity index (χ4n) is 4.12. The van der Waals surface area contributed by atoms with E-state index in [-0.39, 0.29) is 23.6 Å². The van der Waals surface area contributed by atoms with Crippen molar-refractivity contribution < 1.29 is 17.9 Å². The monoisotopic (exact) mass is 404 g/mol. The van der Waals surface area contributed by atoms with Gasteiger partial charge in [-0.15, -0.1) is 0 Å². The standard InChI is InChI=1S/C19H24N4O4S/c1-13-18(14(2)21(3)20-13)28(25,26)22-10-8-16(9-11-22)23-17-7-5-4-6-15(17)12-27-19(23)24/h4-7,16H,8-12H2,1-3H3. The Balaban J connectivity index is 1.55. The lowest BCUT2D eigenvalue weighted by Gasteiger charge is -2.39. The first-order valence-electron chi connectivity index (χ1n) is 9.35. The van der Waals surface area contributed by atoms with E-state index in [4.69, 9.17) is 4.74 Å². The minimum atomic E-state index is -3.62. The van der Waals surface area contributed by atoms with E-state index in [0.717, 1.165) is 11.3 Å². The molecule has 9 heteroatoms. The van der Waals surface area contributed by atoms with Gasteiger partial charge in [0.05, 0.1) is 17.1 Å². The summed E-state index contributed by atoms with van der Waals surface area (Å²) in [7, 11) is -1.87. The number of carbonyl (C=O) groups is 1. The number of aromatic nitrogens is 2. The average molecular weight is 404 g/mol. The van der Waals surface area contributed by atoms with Crippen LogP contribution < -0.4 is 4.90 Å². The molecule has 150 valence electrons. The van der Waals surface area contributed by atoms with Gasteiger partial charge in [-0.25, -0.2) is 13.2 Å². The van der Waals surface area contributed by atoms with E-state index < -0.39 is 10.0 Å². The first kappa shape index (κ1) is 18.9. The zero-order chi connectivity index (χ0) is 20.1. The number of para-hydroxylation sites is 1. The molecule has 1 aromatic heterocycles. The van der Waals surface area contributed by atoms with Crippen LogP contribution in [-0.2, 0) is 28.4 Å². The third-order valence-corrected chi connectivity index (χ3v) is 7.78. The molecule has 2 aromatic rings. The third kappa shape index (κ3) is 2.98. The molecule has 0 aliphatic carbocycles. The number of sulfonamides is 1. The van der Waals surface area contributed by atoms with Gasteiger partial charge >= 0.3 is 6.09 Å². The summed E-state index contributed by atoms with van der Waals surface area (Å²) in [6, 6.07) is 7.60. The summed E-state index contributed by atoms with van der Waals surface area (Å²) in [5, 5.41) is 4.24. The maximum Gasteiger partial charge on any atom is 0.414 e. The van der Waals surface area contributed by atoms with Gasteiger partial charge in [0.25, 0.3) is 0 Å². The van der Waals surface area contributed by atoms with Gasteiger partial charge in [0.2, 0.25) is 10.0 Å². The van der Waals surface area contributed by atoms with Crippen LogP contribution >= 0.6 is 0 Å². The Bertz CT molecular complexity index is 1020. The summed E-state index contributed by atoms with van der Waals surface area (Å²) in [5.74, 6) is 0. The van der Waals surface area contributed by atoms with Crippen LogP contribution in [0.1, 0.15) is 29.8 Å². The predicted molar refractivity (Wildman–Crippen MR) is 104 cm³/mol. The topological polar surface area (TPSA) is 84.7 Å². The molecule has 4 rings (SSSR count). The second-order valence-electron chi connectivity index (χ2n) is 7.31. The number of fused-ring (bicyclic) bond motifs is 1. The van der Waals surface area contributed by atoms with Gasteiger partial charge in [0.15, 0.2) is 0 Å². The third-order valence-electron chi connectivity index (χ3n) is 5.63. The highest BCUT2D eigenvalue weighted by Gasteiger charge is 2.38. The van der Waals surface area contributed by atoms with E-state index in [0.29, 0.717) is 37.3 Å². The Hall–Kier alpha value is -2.39. The second kappa shape index (κ2) is 6.89. The van der Waals surface area contributed by atoms with Gasteiger partial charge in [-0.1, -0.05) is 18.2 Å². The molecule has 1 saturated heterocycles. The SMILES string of the molecule is Cc1nn(C)c(C)c1S(=O)(=O)N1CCC(N2C(=O)OCc3ccccc32)CC1. The molecule has 0 N–H and O–H groups in total. The highest BCUT2D eigenvalue weighted by Crippen LogP contribution is 2.33. The number of hydrogen-bond acceptors (Lipinski definition) is 5. The molecule has 1 aromatic carbocycles. The highest BCUT2D eigenvalue weighted by atomic mass is 32.2. The summed E-state index contributed by atoms with van der Waals surface area (Å²) < 4.78 is 34.7. The van der Waals surface area contributed by atoms with Crippen molar-refractivity contribution in [3.05, 3.63) is 41.2 Å². The maximum absolute atomic E-state index is 13.2. The molecule has 8 nitrogen and oxygen atoms in total. The summed E-state index contributed by atoms with van der Waals surface area (Å²) in [6.45, 7) is 4.46. The number of aryl methyl sites for hydroxylation is 2. The Labute approximate surface area is 164 Å². The number of ether oxygens (including phenoxy) is 1. The number of amides is 1. The van der Waals surface area contributed by atoms with Crippen LogP contribution in [0.25, 0.3) is 0 Å². The minimum absolute atomic E-state index is 0.0866. The quantitative estimate of drug-likeness (QED) is 0.784. The van der Waals surface area contributed by atoms with Crippen molar-refractivity contribution in [2.45, 2.75) is 44.2 Å². The van der Waals surface area contributed by atoms with Gasteiger partial charge in [-0.2, -0.15) is 9.40 Å². The van der Waals surface area contributed by atoms with Gasteiger partial charge in [-0.05, 0) is 32.8 Å². The Kier molecular flexibility index (Phi) is 4.67. The molecule has 0 unspecified atom stereocenters. The summed E-state index contributed by atoms with van der Waals surface area (Å²) in [4.78, 5) is 14.4. The molecule has 2 aliphatic rings. The lowest BCUT2D eigenvalue weighted by molar-refractivity contribution is 0.136. The molecule has 2 aliphatic heterocycles. The largest absolute Gasteiger partial charge is 0.444 e. The predicted octanol–water partition coefficient (Wildman–Crippen LogP) is 2.35.